The van der Waals surface area contributed by atoms with Gasteiger partial charge in [0.1, 0.15) is 11.9 Å². The van der Waals surface area contributed by atoms with E-state index in [4.69, 9.17) is 14.2 Å². The standard InChI is InChI=1S/C14H22N2O3/c1-17-9-6-15-10-12-2-3-14(11-16-12)19-13-4-7-18-8-5-13/h2-3,11,13,15H,4-10H2,1H3. The summed E-state index contributed by atoms with van der Waals surface area (Å²) >= 11 is 0. The molecular weight excluding hydrogens is 244 g/mol. The molecule has 5 nitrogen and oxygen atoms in total. The lowest BCUT2D eigenvalue weighted by Gasteiger charge is -2.23. The Morgan fingerprint density at radius 3 is 2.89 bits per heavy atom. The van der Waals surface area contributed by atoms with Crippen LogP contribution < -0.4 is 10.1 Å². The predicted molar refractivity (Wildman–Crippen MR) is 72.3 cm³/mol. The number of nitrogens with one attached hydrogen (secondary N) is 1. The number of aromatic nitrogens is 1. The second-order valence-corrected chi connectivity index (χ2v) is 4.58. The largest absolute Gasteiger partial charge is 0.489 e. The molecule has 1 N–H and O–H groups in total. The van der Waals surface area contributed by atoms with Gasteiger partial charge in [-0.05, 0) is 12.1 Å². The second-order valence-electron chi connectivity index (χ2n) is 4.58. The molecule has 0 spiro atoms. The van der Waals surface area contributed by atoms with Crippen LogP contribution in [0.3, 0.4) is 0 Å². The summed E-state index contributed by atoms with van der Waals surface area (Å²) in [5.74, 6) is 0.840. The van der Waals surface area contributed by atoms with Crippen LogP contribution >= 0.6 is 0 Å². The molecule has 0 aromatic carbocycles. The smallest absolute Gasteiger partial charge is 0.138 e. The first-order valence-electron chi connectivity index (χ1n) is 6.77. The minimum absolute atomic E-state index is 0.265. The maximum absolute atomic E-state index is 5.87. The Balaban J connectivity index is 1.74. The molecule has 0 aliphatic carbocycles. The van der Waals surface area contributed by atoms with Crippen LogP contribution in [0.2, 0.25) is 0 Å². The van der Waals surface area contributed by atoms with Gasteiger partial charge in [0.25, 0.3) is 0 Å². The molecule has 0 atom stereocenters. The highest BCUT2D eigenvalue weighted by atomic mass is 16.5. The first-order chi connectivity index (χ1) is 9.38. The van der Waals surface area contributed by atoms with E-state index < -0.39 is 0 Å². The zero-order valence-corrected chi connectivity index (χ0v) is 11.4. The molecule has 1 aromatic rings. The van der Waals surface area contributed by atoms with E-state index in [1.165, 1.54) is 0 Å². The van der Waals surface area contributed by atoms with Crippen LogP contribution in [-0.2, 0) is 16.0 Å². The van der Waals surface area contributed by atoms with E-state index in [-0.39, 0.29) is 6.10 Å². The summed E-state index contributed by atoms with van der Waals surface area (Å²) < 4.78 is 16.1. The Kier molecular flexibility index (Phi) is 6.07. The van der Waals surface area contributed by atoms with Crippen LogP contribution in [0.4, 0.5) is 0 Å². The van der Waals surface area contributed by atoms with Gasteiger partial charge in [0, 0.05) is 33.0 Å². The summed E-state index contributed by atoms with van der Waals surface area (Å²) in [6, 6.07) is 3.98. The molecule has 0 radical (unpaired) electrons. The van der Waals surface area contributed by atoms with Crippen molar-refractivity contribution in [2.75, 3.05) is 33.5 Å². The first-order valence-corrected chi connectivity index (χ1v) is 6.77. The summed E-state index contributed by atoms with van der Waals surface area (Å²) in [7, 11) is 1.70. The predicted octanol–water partition coefficient (Wildman–Crippen LogP) is 1.38. The van der Waals surface area contributed by atoms with E-state index in [1.807, 2.05) is 12.1 Å². The molecule has 1 aromatic heterocycles. The first kappa shape index (κ1) is 14.2. The summed E-state index contributed by atoms with van der Waals surface area (Å²) in [4.78, 5) is 4.38. The molecule has 106 valence electrons. The Labute approximate surface area is 114 Å². The second kappa shape index (κ2) is 8.09. The van der Waals surface area contributed by atoms with E-state index in [0.717, 1.165) is 50.6 Å². The number of ether oxygens (including phenoxy) is 3. The highest BCUT2D eigenvalue weighted by Gasteiger charge is 2.15. The van der Waals surface area contributed by atoms with Gasteiger partial charge in [-0.2, -0.15) is 0 Å². The topological polar surface area (TPSA) is 52.6 Å². The lowest BCUT2D eigenvalue weighted by atomic mass is 10.1. The van der Waals surface area contributed by atoms with Crippen LogP contribution in [0.5, 0.6) is 5.75 Å². The summed E-state index contributed by atoms with van der Waals surface area (Å²) in [5.41, 5.74) is 1.01. The van der Waals surface area contributed by atoms with Crippen LogP contribution in [0.1, 0.15) is 18.5 Å². The van der Waals surface area contributed by atoms with Crippen molar-refractivity contribution in [2.45, 2.75) is 25.5 Å². The molecule has 19 heavy (non-hydrogen) atoms. The van der Waals surface area contributed by atoms with Crippen molar-refractivity contribution >= 4 is 0 Å². The maximum atomic E-state index is 5.87. The molecule has 2 rings (SSSR count). The Bertz CT molecular complexity index is 350. The third-order valence-electron chi connectivity index (χ3n) is 3.06. The number of methoxy groups -OCH3 is 1. The minimum Gasteiger partial charge on any atom is -0.489 e. The van der Waals surface area contributed by atoms with Gasteiger partial charge < -0.3 is 19.5 Å². The zero-order valence-electron chi connectivity index (χ0n) is 11.4. The SMILES string of the molecule is COCCNCc1ccc(OC2CCOCC2)cn1. The van der Waals surface area contributed by atoms with Gasteiger partial charge in [-0.3, -0.25) is 4.98 Å². The average molecular weight is 266 g/mol. The van der Waals surface area contributed by atoms with Crippen molar-refractivity contribution < 1.29 is 14.2 Å². The van der Waals surface area contributed by atoms with Crippen molar-refractivity contribution in [1.82, 2.24) is 10.3 Å². The molecule has 0 bridgehead atoms. The van der Waals surface area contributed by atoms with E-state index in [2.05, 4.69) is 10.3 Å². The van der Waals surface area contributed by atoms with Crippen molar-refractivity contribution in [3.05, 3.63) is 24.0 Å². The molecule has 1 saturated heterocycles. The molecular formula is C14H22N2O3. The van der Waals surface area contributed by atoms with Crippen LogP contribution in [0.25, 0.3) is 0 Å². The monoisotopic (exact) mass is 266 g/mol. The van der Waals surface area contributed by atoms with Gasteiger partial charge >= 0.3 is 0 Å². The number of pyridine rings is 1. The van der Waals surface area contributed by atoms with E-state index in [1.54, 1.807) is 13.3 Å². The number of hydrogen-bond donors (Lipinski definition) is 1. The van der Waals surface area contributed by atoms with Crippen molar-refractivity contribution in [3.63, 3.8) is 0 Å². The molecule has 0 saturated carbocycles. The van der Waals surface area contributed by atoms with Gasteiger partial charge in [-0.15, -0.1) is 0 Å². The fourth-order valence-electron chi connectivity index (χ4n) is 1.96. The fourth-order valence-corrected chi connectivity index (χ4v) is 1.96. The quantitative estimate of drug-likeness (QED) is 0.756. The Morgan fingerprint density at radius 2 is 2.21 bits per heavy atom. The third kappa shape index (κ3) is 5.14. The number of rotatable bonds is 7. The average Bonchev–Trinajstić information content (AvgIpc) is 2.46. The minimum atomic E-state index is 0.265. The number of hydrogen-bond acceptors (Lipinski definition) is 5. The number of nitrogens with zero attached hydrogens (tertiary/aromatic N) is 1. The van der Waals surface area contributed by atoms with Crippen LogP contribution in [0.15, 0.2) is 18.3 Å². The normalized spacial score (nSPS) is 16.5. The van der Waals surface area contributed by atoms with Gasteiger partial charge in [-0.25, -0.2) is 0 Å². The molecule has 1 aliphatic heterocycles. The van der Waals surface area contributed by atoms with Crippen molar-refractivity contribution in [3.8, 4) is 5.75 Å². The summed E-state index contributed by atoms with van der Waals surface area (Å²) in [5, 5.41) is 3.26. The summed E-state index contributed by atoms with van der Waals surface area (Å²) in [6.07, 6.45) is 3.98. The highest BCUT2D eigenvalue weighted by molar-refractivity contribution is 5.20. The molecule has 0 unspecified atom stereocenters. The fraction of sp³-hybridized carbons (Fsp3) is 0.643. The van der Waals surface area contributed by atoms with Gasteiger partial charge in [-0.1, -0.05) is 0 Å². The van der Waals surface area contributed by atoms with E-state index >= 15 is 0 Å². The molecule has 0 amide bonds. The van der Waals surface area contributed by atoms with Crippen molar-refractivity contribution in [2.24, 2.45) is 0 Å². The van der Waals surface area contributed by atoms with Gasteiger partial charge in [0.2, 0.25) is 0 Å². The molecule has 1 fully saturated rings. The van der Waals surface area contributed by atoms with Crippen LogP contribution in [-0.4, -0.2) is 44.6 Å². The highest BCUT2D eigenvalue weighted by Crippen LogP contribution is 2.17. The zero-order chi connectivity index (χ0) is 13.3. The lowest BCUT2D eigenvalue weighted by Crippen LogP contribution is -2.26. The maximum Gasteiger partial charge on any atom is 0.138 e. The molecule has 1 aliphatic rings. The van der Waals surface area contributed by atoms with Crippen molar-refractivity contribution in [1.29, 1.82) is 0 Å². The third-order valence-corrected chi connectivity index (χ3v) is 3.06. The Hall–Kier alpha value is -1.17. The molecule has 5 heteroatoms. The Morgan fingerprint density at radius 1 is 1.37 bits per heavy atom. The molecule has 2 heterocycles. The lowest BCUT2D eigenvalue weighted by molar-refractivity contribution is 0.0254. The van der Waals surface area contributed by atoms with Crippen LogP contribution in [0, 0.1) is 0 Å². The van der Waals surface area contributed by atoms with Gasteiger partial charge in [0.05, 0.1) is 31.7 Å². The summed E-state index contributed by atoms with van der Waals surface area (Å²) in [6.45, 7) is 3.88. The van der Waals surface area contributed by atoms with E-state index in [9.17, 15) is 0 Å². The van der Waals surface area contributed by atoms with E-state index in [0.29, 0.717) is 6.61 Å². The van der Waals surface area contributed by atoms with Gasteiger partial charge in [0.15, 0.2) is 0 Å².